The highest BCUT2D eigenvalue weighted by molar-refractivity contribution is 6.30. The van der Waals surface area contributed by atoms with Crippen LogP contribution in [-0.4, -0.2) is 23.4 Å². The van der Waals surface area contributed by atoms with Gasteiger partial charge in [0.1, 0.15) is 0 Å². The molecular weight excluding hydrogens is 398 g/mol. The molecule has 2 aromatic carbocycles. The Balaban J connectivity index is 2.00. The van der Waals surface area contributed by atoms with Crippen LogP contribution in [0.25, 0.3) is 0 Å². The molecular formula is C25H28ClNO3. The molecule has 1 aliphatic rings. The van der Waals surface area contributed by atoms with Crippen LogP contribution in [0.4, 0.5) is 0 Å². The monoisotopic (exact) mass is 425 g/mol. The zero-order valence-corrected chi connectivity index (χ0v) is 18.7. The van der Waals surface area contributed by atoms with Crippen molar-refractivity contribution in [2.45, 2.75) is 52.5 Å². The normalized spacial score (nSPS) is 16.9. The van der Waals surface area contributed by atoms with Crippen LogP contribution >= 0.6 is 11.6 Å². The van der Waals surface area contributed by atoms with E-state index in [0.29, 0.717) is 28.8 Å². The van der Waals surface area contributed by atoms with Gasteiger partial charge in [-0.15, -0.1) is 0 Å². The van der Waals surface area contributed by atoms with Crippen LogP contribution in [0.1, 0.15) is 62.6 Å². The topological polar surface area (TPSA) is 46.6 Å². The summed E-state index contributed by atoms with van der Waals surface area (Å²) in [6.45, 7) is 8.55. The number of carbonyl (C=O) groups excluding carboxylic acids is 2. The number of amides is 1. The van der Waals surface area contributed by atoms with Gasteiger partial charge in [0.2, 0.25) is 5.91 Å². The summed E-state index contributed by atoms with van der Waals surface area (Å²) in [5.74, 6) is -0.273. The number of hydrogen-bond acceptors (Lipinski definition) is 3. The van der Waals surface area contributed by atoms with E-state index < -0.39 is 0 Å². The average Bonchev–Trinajstić information content (AvgIpc) is 2.71. The first kappa shape index (κ1) is 22.1. The van der Waals surface area contributed by atoms with E-state index in [1.807, 2.05) is 37.3 Å². The molecule has 0 aromatic heterocycles. The number of esters is 1. The smallest absolute Gasteiger partial charge is 0.336 e. The summed E-state index contributed by atoms with van der Waals surface area (Å²) in [6.07, 6.45) is 0.229. The first-order chi connectivity index (χ1) is 14.3. The Hall–Kier alpha value is -2.59. The van der Waals surface area contributed by atoms with Crippen LogP contribution in [0.5, 0.6) is 0 Å². The van der Waals surface area contributed by atoms with E-state index in [1.165, 1.54) is 5.56 Å². The molecule has 0 bridgehead atoms. The van der Waals surface area contributed by atoms with Crippen molar-refractivity contribution in [3.63, 3.8) is 0 Å². The predicted octanol–water partition coefficient (Wildman–Crippen LogP) is 5.82. The van der Waals surface area contributed by atoms with Gasteiger partial charge in [0.25, 0.3) is 0 Å². The molecule has 30 heavy (non-hydrogen) atoms. The van der Waals surface area contributed by atoms with E-state index in [0.717, 1.165) is 11.1 Å². The summed E-state index contributed by atoms with van der Waals surface area (Å²) < 4.78 is 5.36. The average molecular weight is 426 g/mol. The predicted molar refractivity (Wildman–Crippen MR) is 119 cm³/mol. The quantitative estimate of drug-likeness (QED) is 0.548. The van der Waals surface area contributed by atoms with Gasteiger partial charge < -0.3 is 9.64 Å². The Morgan fingerprint density at radius 1 is 1.20 bits per heavy atom. The van der Waals surface area contributed by atoms with Crippen molar-refractivity contribution in [2.24, 2.45) is 0 Å². The Morgan fingerprint density at radius 2 is 1.90 bits per heavy atom. The SMILES string of the molecule is CCOC(=O)C1=C(C)N(Cc2cccc(Cl)c2)C(=O)CC1c1ccc(C(C)C)cc1. The zero-order valence-electron chi connectivity index (χ0n) is 17.9. The molecule has 0 N–H and O–H groups in total. The van der Waals surface area contributed by atoms with Gasteiger partial charge in [-0.25, -0.2) is 4.79 Å². The van der Waals surface area contributed by atoms with E-state index in [-0.39, 0.29) is 30.8 Å². The lowest BCUT2D eigenvalue weighted by Gasteiger charge is -2.34. The molecule has 0 radical (unpaired) electrons. The summed E-state index contributed by atoms with van der Waals surface area (Å²) >= 11 is 6.10. The number of benzene rings is 2. The maximum absolute atomic E-state index is 13.1. The zero-order chi connectivity index (χ0) is 21.8. The van der Waals surface area contributed by atoms with Crippen LogP contribution in [-0.2, 0) is 20.9 Å². The fourth-order valence-electron chi connectivity index (χ4n) is 3.89. The Kier molecular flexibility index (Phi) is 6.99. The summed E-state index contributed by atoms with van der Waals surface area (Å²) in [7, 11) is 0. The maximum Gasteiger partial charge on any atom is 0.336 e. The van der Waals surface area contributed by atoms with Crippen molar-refractivity contribution < 1.29 is 14.3 Å². The summed E-state index contributed by atoms with van der Waals surface area (Å²) in [5, 5.41) is 0.618. The van der Waals surface area contributed by atoms with Gasteiger partial charge >= 0.3 is 5.97 Å². The molecule has 0 saturated carbocycles. The second-order valence-corrected chi connectivity index (χ2v) is 8.34. The molecule has 2 aromatic rings. The molecule has 1 atom stereocenters. The minimum absolute atomic E-state index is 0.0153. The number of ether oxygens (including phenoxy) is 1. The van der Waals surface area contributed by atoms with E-state index >= 15 is 0 Å². The Labute approximate surface area is 183 Å². The highest BCUT2D eigenvalue weighted by atomic mass is 35.5. The second kappa shape index (κ2) is 9.48. The summed E-state index contributed by atoms with van der Waals surface area (Å²) in [6, 6.07) is 15.6. The van der Waals surface area contributed by atoms with Crippen molar-refractivity contribution in [2.75, 3.05) is 6.61 Å². The summed E-state index contributed by atoms with van der Waals surface area (Å²) in [4.78, 5) is 27.6. The third-order valence-corrected chi connectivity index (χ3v) is 5.79. The highest BCUT2D eigenvalue weighted by Crippen LogP contribution is 2.38. The van der Waals surface area contributed by atoms with Crippen LogP contribution in [0.15, 0.2) is 59.8 Å². The molecule has 1 aliphatic heterocycles. The van der Waals surface area contributed by atoms with Gasteiger partial charge in [-0.1, -0.05) is 61.8 Å². The number of allylic oxidation sites excluding steroid dienone is 1. The third-order valence-electron chi connectivity index (χ3n) is 5.55. The molecule has 1 heterocycles. The molecule has 0 saturated heterocycles. The number of carbonyl (C=O) groups is 2. The second-order valence-electron chi connectivity index (χ2n) is 7.91. The molecule has 1 amide bonds. The van der Waals surface area contributed by atoms with E-state index in [4.69, 9.17) is 16.3 Å². The lowest BCUT2D eigenvalue weighted by molar-refractivity contribution is -0.140. The van der Waals surface area contributed by atoms with Crippen molar-refractivity contribution in [1.82, 2.24) is 4.90 Å². The number of halogens is 1. The third kappa shape index (κ3) is 4.76. The van der Waals surface area contributed by atoms with Crippen molar-refractivity contribution in [3.8, 4) is 0 Å². The molecule has 0 aliphatic carbocycles. The molecule has 158 valence electrons. The molecule has 0 spiro atoms. The maximum atomic E-state index is 13.1. The number of rotatable bonds is 6. The largest absolute Gasteiger partial charge is 0.463 e. The first-order valence-electron chi connectivity index (χ1n) is 10.3. The van der Waals surface area contributed by atoms with Gasteiger partial charge in [-0.2, -0.15) is 0 Å². The van der Waals surface area contributed by atoms with Crippen molar-refractivity contribution in [1.29, 1.82) is 0 Å². The molecule has 3 rings (SSSR count). The first-order valence-corrected chi connectivity index (χ1v) is 10.7. The van der Waals surface area contributed by atoms with Gasteiger partial charge in [0.15, 0.2) is 0 Å². The fourth-order valence-corrected chi connectivity index (χ4v) is 4.11. The van der Waals surface area contributed by atoms with Gasteiger partial charge in [0, 0.05) is 23.1 Å². The van der Waals surface area contributed by atoms with Crippen molar-refractivity contribution >= 4 is 23.5 Å². The summed E-state index contributed by atoms with van der Waals surface area (Å²) in [5.41, 5.74) is 4.29. The van der Waals surface area contributed by atoms with Gasteiger partial charge in [-0.05, 0) is 48.6 Å². The molecule has 0 fully saturated rings. The Morgan fingerprint density at radius 3 is 2.50 bits per heavy atom. The van der Waals surface area contributed by atoms with Crippen LogP contribution < -0.4 is 0 Å². The lowest BCUT2D eigenvalue weighted by Crippen LogP contribution is -2.38. The van der Waals surface area contributed by atoms with E-state index in [1.54, 1.807) is 17.9 Å². The Bertz CT molecular complexity index is 963. The van der Waals surface area contributed by atoms with Crippen LogP contribution in [0.2, 0.25) is 5.02 Å². The fraction of sp³-hybridized carbons (Fsp3) is 0.360. The number of nitrogens with zero attached hydrogens (tertiary/aromatic N) is 1. The van der Waals surface area contributed by atoms with Gasteiger partial charge in [-0.3, -0.25) is 4.79 Å². The lowest BCUT2D eigenvalue weighted by atomic mass is 9.83. The van der Waals surface area contributed by atoms with Crippen LogP contribution in [0.3, 0.4) is 0 Å². The molecule has 1 unspecified atom stereocenters. The molecule has 5 heteroatoms. The minimum Gasteiger partial charge on any atom is -0.463 e. The van der Waals surface area contributed by atoms with E-state index in [9.17, 15) is 9.59 Å². The highest BCUT2D eigenvalue weighted by Gasteiger charge is 2.36. The van der Waals surface area contributed by atoms with E-state index in [2.05, 4.69) is 26.0 Å². The standard InChI is InChI=1S/C25H28ClNO3/c1-5-30-25(29)24-17(4)27(15-18-7-6-8-21(26)13-18)23(28)14-22(24)20-11-9-19(10-12-20)16(2)3/h6-13,16,22H,5,14-15H2,1-4H3. The number of hydrogen-bond donors (Lipinski definition) is 0. The van der Waals surface area contributed by atoms with Gasteiger partial charge in [0.05, 0.1) is 18.7 Å². The molecule has 4 nitrogen and oxygen atoms in total. The minimum atomic E-state index is -0.364. The van der Waals surface area contributed by atoms with Crippen LogP contribution in [0, 0.1) is 0 Å². The van der Waals surface area contributed by atoms with Crippen molar-refractivity contribution in [3.05, 3.63) is 81.5 Å².